The Kier molecular flexibility index (Phi) is 4.84. The summed E-state index contributed by atoms with van der Waals surface area (Å²) in [4.78, 5) is 12.3. The number of allylic oxidation sites excluding steroid dienone is 1. The highest BCUT2D eigenvalue weighted by Gasteiger charge is 2.26. The van der Waals surface area contributed by atoms with E-state index in [1.54, 1.807) is 49.4 Å². The number of hydrogen-bond acceptors (Lipinski definition) is 5. The van der Waals surface area contributed by atoms with Gasteiger partial charge in [0.1, 0.15) is 0 Å². The van der Waals surface area contributed by atoms with Crippen LogP contribution in [0.1, 0.15) is 19.4 Å². The zero-order valence-corrected chi connectivity index (χ0v) is 16.2. The quantitative estimate of drug-likeness (QED) is 0.541. The van der Waals surface area contributed by atoms with Crippen LogP contribution in [0.5, 0.6) is 0 Å². The Balaban J connectivity index is 1.87. The maximum absolute atomic E-state index is 12.3. The number of anilines is 4. The van der Waals surface area contributed by atoms with E-state index in [0.29, 0.717) is 22.6 Å². The standard InChI is InChI=1S/C19H22N4O3S/c1-4-27(25,26)23(3)15-8-6-14(7-9-15)21-12(2)18-16-11-13(20)5-10-17(16)22-19(18)24/h5-11,21H,4,20H2,1-3H3,(H,22,24)/b18-12-. The van der Waals surface area contributed by atoms with Crippen molar-refractivity contribution in [3.63, 3.8) is 0 Å². The van der Waals surface area contributed by atoms with E-state index in [-0.39, 0.29) is 11.7 Å². The SMILES string of the molecule is CCS(=O)(=O)N(C)c1ccc(N/C(C)=C2\C(=O)Nc3ccc(N)cc32)cc1. The van der Waals surface area contributed by atoms with Gasteiger partial charge >= 0.3 is 0 Å². The minimum Gasteiger partial charge on any atom is -0.399 e. The maximum Gasteiger partial charge on any atom is 0.258 e. The van der Waals surface area contributed by atoms with Crippen molar-refractivity contribution in [1.82, 2.24) is 0 Å². The molecule has 27 heavy (non-hydrogen) atoms. The average Bonchev–Trinajstić information content (AvgIpc) is 2.96. The molecule has 2 aromatic rings. The molecule has 1 aliphatic rings. The molecule has 0 bridgehead atoms. The Morgan fingerprint density at radius 1 is 1.19 bits per heavy atom. The number of nitrogens with zero attached hydrogens (tertiary/aromatic N) is 1. The number of nitrogens with two attached hydrogens (primary N) is 1. The number of amides is 1. The summed E-state index contributed by atoms with van der Waals surface area (Å²) < 4.78 is 25.2. The molecule has 8 heteroatoms. The van der Waals surface area contributed by atoms with Crippen LogP contribution >= 0.6 is 0 Å². The molecule has 0 saturated carbocycles. The molecule has 1 amide bonds. The first kappa shape index (κ1) is 18.8. The summed E-state index contributed by atoms with van der Waals surface area (Å²) in [6, 6.07) is 12.3. The average molecular weight is 386 g/mol. The lowest BCUT2D eigenvalue weighted by molar-refractivity contribution is -0.110. The van der Waals surface area contributed by atoms with E-state index < -0.39 is 10.0 Å². The van der Waals surface area contributed by atoms with Gasteiger partial charge in [-0.25, -0.2) is 8.42 Å². The number of nitrogens with one attached hydrogen (secondary N) is 2. The van der Waals surface area contributed by atoms with Crippen molar-refractivity contribution in [2.75, 3.05) is 33.5 Å². The van der Waals surface area contributed by atoms with Crippen molar-refractivity contribution < 1.29 is 13.2 Å². The molecule has 0 aliphatic carbocycles. The molecule has 142 valence electrons. The molecule has 4 N–H and O–H groups in total. The fraction of sp³-hybridized carbons (Fsp3) is 0.211. The summed E-state index contributed by atoms with van der Waals surface area (Å²) in [5, 5.41) is 6.03. The van der Waals surface area contributed by atoms with Gasteiger partial charge in [-0.3, -0.25) is 9.10 Å². The zero-order chi connectivity index (χ0) is 19.8. The second kappa shape index (κ2) is 6.96. The van der Waals surface area contributed by atoms with Crippen LogP contribution in [0.3, 0.4) is 0 Å². The van der Waals surface area contributed by atoms with Crippen LogP contribution in [0.4, 0.5) is 22.7 Å². The highest BCUT2D eigenvalue weighted by Crippen LogP contribution is 2.35. The van der Waals surface area contributed by atoms with Crippen LogP contribution in [0, 0.1) is 0 Å². The van der Waals surface area contributed by atoms with Gasteiger partial charge in [0.25, 0.3) is 5.91 Å². The van der Waals surface area contributed by atoms with E-state index in [1.807, 2.05) is 6.92 Å². The van der Waals surface area contributed by atoms with Gasteiger partial charge in [0, 0.05) is 35.4 Å². The highest BCUT2D eigenvalue weighted by molar-refractivity contribution is 7.92. The van der Waals surface area contributed by atoms with Crippen molar-refractivity contribution >= 4 is 44.3 Å². The molecule has 0 radical (unpaired) electrons. The third-order valence-corrected chi connectivity index (χ3v) is 6.28. The monoisotopic (exact) mass is 386 g/mol. The third-order valence-electron chi connectivity index (χ3n) is 4.51. The van der Waals surface area contributed by atoms with Crippen LogP contribution in [-0.4, -0.2) is 27.1 Å². The van der Waals surface area contributed by atoms with Crippen molar-refractivity contribution in [2.24, 2.45) is 0 Å². The lowest BCUT2D eigenvalue weighted by Crippen LogP contribution is -2.27. The van der Waals surface area contributed by atoms with E-state index in [2.05, 4.69) is 10.6 Å². The fourth-order valence-electron chi connectivity index (χ4n) is 2.95. The summed E-state index contributed by atoms with van der Waals surface area (Å²) in [5.74, 6) is -0.155. The van der Waals surface area contributed by atoms with Crippen LogP contribution in [-0.2, 0) is 14.8 Å². The minimum absolute atomic E-state index is 0.0341. The van der Waals surface area contributed by atoms with Crippen molar-refractivity contribution in [2.45, 2.75) is 13.8 Å². The zero-order valence-electron chi connectivity index (χ0n) is 15.4. The molecule has 0 saturated heterocycles. The Labute approximate surface area is 158 Å². The molecule has 0 aromatic heterocycles. The number of carbonyl (C=O) groups excluding carboxylic acids is 1. The van der Waals surface area contributed by atoms with Crippen molar-refractivity contribution in [1.29, 1.82) is 0 Å². The summed E-state index contributed by atoms with van der Waals surface area (Å²) in [6.07, 6.45) is 0. The Hall–Kier alpha value is -3.00. The molecule has 0 unspecified atom stereocenters. The largest absolute Gasteiger partial charge is 0.399 e. The molecule has 0 atom stereocenters. The molecule has 0 fully saturated rings. The van der Waals surface area contributed by atoms with Gasteiger partial charge in [-0.1, -0.05) is 0 Å². The van der Waals surface area contributed by atoms with Crippen molar-refractivity contribution in [3.05, 3.63) is 53.7 Å². The van der Waals surface area contributed by atoms with Crippen LogP contribution in [0.25, 0.3) is 5.57 Å². The smallest absolute Gasteiger partial charge is 0.258 e. The first-order chi connectivity index (χ1) is 12.7. The fourth-order valence-corrected chi connectivity index (χ4v) is 3.78. The Bertz CT molecular complexity index is 1030. The summed E-state index contributed by atoms with van der Waals surface area (Å²) in [6.45, 7) is 3.42. The molecular formula is C19H22N4O3S. The predicted molar refractivity (Wildman–Crippen MR) is 110 cm³/mol. The van der Waals surface area contributed by atoms with E-state index in [0.717, 1.165) is 16.9 Å². The second-order valence-electron chi connectivity index (χ2n) is 6.30. The number of fused-ring (bicyclic) bond motifs is 1. The van der Waals surface area contributed by atoms with E-state index in [1.165, 1.54) is 11.4 Å². The predicted octanol–water partition coefficient (Wildman–Crippen LogP) is 2.85. The van der Waals surface area contributed by atoms with Gasteiger partial charge in [0.2, 0.25) is 10.0 Å². The molecule has 7 nitrogen and oxygen atoms in total. The van der Waals surface area contributed by atoms with Crippen LogP contribution < -0.4 is 20.7 Å². The lowest BCUT2D eigenvalue weighted by Gasteiger charge is -2.19. The molecule has 3 rings (SSSR count). The Morgan fingerprint density at radius 2 is 1.85 bits per heavy atom. The highest BCUT2D eigenvalue weighted by atomic mass is 32.2. The number of nitrogen functional groups attached to an aromatic ring is 1. The lowest BCUT2D eigenvalue weighted by atomic mass is 10.0. The maximum atomic E-state index is 12.3. The van der Waals surface area contributed by atoms with E-state index in [9.17, 15) is 13.2 Å². The topological polar surface area (TPSA) is 105 Å². The summed E-state index contributed by atoms with van der Waals surface area (Å²) in [5.41, 5.74) is 10.5. The van der Waals surface area contributed by atoms with Gasteiger partial charge in [-0.2, -0.15) is 0 Å². The van der Waals surface area contributed by atoms with Gasteiger partial charge in [0.15, 0.2) is 0 Å². The van der Waals surface area contributed by atoms with Gasteiger partial charge in [-0.05, 0) is 56.3 Å². The van der Waals surface area contributed by atoms with Crippen LogP contribution in [0.2, 0.25) is 0 Å². The number of carbonyl (C=O) groups is 1. The molecule has 2 aromatic carbocycles. The second-order valence-corrected chi connectivity index (χ2v) is 8.59. The van der Waals surface area contributed by atoms with E-state index >= 15 is 0 Å². The summed E-state index contributed by atoms with van der Waals surface area (Å²) in [7, 11) is -1.78. The molecule has 0 spiro atoms. The normalized spacial score (nSPS) is 15.1. The Morgan fingerprint density at radius 3 is 2.48 bits per heavy atom. The van der Waals surface area contributed by atoms with E-state index in [4.69, 9.17) is 5.73 Å². The van der Waals surface area contributed by atoms with Gasteiger partial charge < -0.3 is 16.4 Å². The third kappa shape index (κ3) is 3.61. The van der Waals surface area contributed by atoms with Crippen LogP contribution in [0.15, 0.2) is 48.2 Å². The molecule has 1 heterocycles. The number of rotatable bonds is 5. The first-order valence-electron chi connectivity index (χ1n) is 8.48. The van der Waals surface area contributed by atoms with Gasteiger partial charge in [0.05, 0.1) is 17.0 Å². The molecule has 1 aliphatic heterocycles. The first-order valence-corrected chi connectivity index (χ1v) is 10.1. The minimum atomic E-state index is -3.31. The van der Waals surface area contributed by atoms with Gasteiger partial charge in [-0.15, -0.1) is 0 Å². The number of benzene rings is 2. The number of hydrogen-bond donors (Lipinski definition) is 3. The van der Waals surface area contributed by atoms with Crippen molar-refractivity contribution in [3.8, 4) is 0 Å². The number of sulfonamides is 1. The summed E-state index contributed by atoms with van der Waals surface area (Å²) >= 11 is 0. The molecular weight excluding hydrogens is 364 g/mol.